The Hall–Kier alpha value is -0.290. The van der Waals surface area contributed by atoms with Gasteiger partial charge in [0.25, 0.3) is 0 Å². The summed E-state index contributed by atoms with van der Waals surface area (Å²) in [6, 6.07) is 9.83. The van der Waals surface area contributed by atoms with Crippen LogP contribution >= 0.6 is 46.6 Å². The maximum absolute atomic E-state index is 11.2. The van der Waals surface area contributed by atoms with E-state index in [1.54, 1.807) is 0 Å². The smallest absolute Gasteiger partial charge is 0.408 e. The molecule has 2 unspecified atom stereocenters. The Morgan fingerprint density at radius 2 is 1.94 bits per heavy atom. The van der Waals surface area contributed by atoms with Crippen LogP contribution in [-0.2, 0) is 10.5 Å². The molecule has 0 saturated carbocycles. The molecule has 0 bridgehead atoms. The molecule has 1 N–H and O–H groups in total. The summed E-state index contributed by atoms with van der Waals surface area (Å²) in [5.74, 6) is 0.701. The van der Waals surface area contributed by atoms with Crippen LogP contribution in [0.5, 0.6) is 0 Å². The summed E-state index contributed by atoms with van der Waals surface area (Å²) >= 11 is 18.8. The number of carbonyl (C=O) groups excluding carboxylic acids is 1. The molecule has 1 fully saturated rings. The first kappa shape index (κ1) is 14.1. The minimum Gasteiger partial charge on any atom is -0.438 e. The Kier molecular flexibility index (Phi) is 4.54. The van der Waals surface area contributed by atoms with Crippen molar-refractivity contribution in [1.82, 2.24) is 5.32 Å². The number of halogens is 3. The summed E-state index contributed by atoms with van der Waals surface area (Å²) in [7, 11) is 0. The second-order valence-electron chi connectivity index (χ2n) is 3.73. The quantitative estimate of drug-likeness (QED) is 0.860. The van der Waals surface area contributed by atoms with E-state index >= 15 is 0 Å². The number of amides is 1. The molecule has 0 spiro atoms. The van der Waals surface area contributed by atoms with Crippen LogP contribution < -0.4 is 5.32 Å². The predicted octanol–water partition coefficient (Wildman–Crippen LogP) is 3.72. The average molecular weight is 327 g/mol. The zero-order valence-electron chi connectivity index (χ0n) is 9.11. The molecule has 1 aromatic rings. The van der Waals surface area contributed by atoms with Crippen molar-refractivity contribution in [3.8, 4) is 0 Å². The molecule has 0 aliphatic carbocycles. The molecule has 2 rings (SSSR count). The van der Waals surface area contributed by atoms with Crippen LogP contribution in [-0.4, -0.2) is 21.4 Å². The second kappa shape index (κ2) is 5.78. The number of cyclic esters (lactones) is 1. The molecule has 98 valence electrons. The largest absolute Gasteiger partial charge is 0.438 e. The van der Waals surface area contributed by atoms with Crippen LogP contribution in [0.3, 0.4) is 0 Å². The highest BCUT2D eigenvalue weighted by Crippen LogP contribution is 2.39. The highest BCUT2D eigenvalue weighted by atomic mass is 35.6. The van der Waals surface area contributed by atoms with Gasteiger partial charge in [-0.15, -0.1) is 11.8 Å². The van der Waals surface area contributed by atoms with Gasteiger partial charge in [0.1, 0.15) is 5.37 Å². The van der Waals surface area contributed by atoms with E-state index < -0.39 is 16.0 Å². The number of ether oxygens (including phenoxy) is 1. The SMILES string of the molecule is O=C1NC(SCc2ccccc2)C(C(Cl)(Cl)Cl)O1. The van der Waals surface area contributed by atoms with Crippen LogP contribution in [0.15, 0.2) is 30.3 Å². The Morgan fingerprint density at radius 3 is 2.56 bits per heavy atom. The van der Waals surface area contributed by atoms with E-state index in [1.807, 2.05) is 30.3 Å². The lowest BCUT2D eigenvalue weighted by molar-refractivity contribution is 0.140. The monoisotopic (exact) mass is 325 g/mol. The first-order valence-corrected chi connectivity index (χ1v) is 7.34. The van der Waals surface area contributed by atoms with Gasteiger partial charge < -0.3 is 10.1 Å². The van der Waals surface area contributed by atoms with Gasteiger partial charge in [-0.05, 0) is 5.56 Å². The standard InChI is InChI=1S/C11H10Cl3NO2S/c12-11(13,14)8-9(15-10(16)17-8)18-6-7-4-2-1-3-5-7/h1-5,8-9H,6H2,(H,15,16). The molecule has 3 nitrogen and oxygen atoms in total. The van der Waals surface area contributed by atoms with Gasteiger partial charge in [0, 0.05) is 5.75 Å². The fourth-order valence-electron chi connectivity index (χ4n) is 1.53. The maximum Gasteiger partial charge on any atom is 0.408 e. The minimum atomic E-state index is -1.63. The Bertz CT molecular complexity index is 424. The van der Waals surface area contributed by atoms with Crippen molar-refractivity contribution in [3.05, 3.63) is 35.9 Å². The Morgan fingerprint density at radius 1 is 1.28 bits per heavy atom. The molecule has 1 saturated heterocycles. The molecular formula is C11H10Cl3NO2S. The number of hydrogen-bond acceptors (Lipinski definition) is 3. The molecule has 1 aromatic carbocycles. The number of thioether (sulfide) groups is 1. The van der Waals surface area contributed by atoms with E-state index in [1.165, 1.54) is 11.8 Å². The Balaban J connectivity index is 1.98. The number of alkyl halides is 3. The van der Waals surface area contributed by atoms with E-state index in [4.69, 9.17) is 39.5 Å². The molecule has 1 aliphatic rings. The summed E-state index contributed by atoms with van der Waals surface area (Å²) in [6.45, 7) is 0. The highest BCUT2D eigenvalue weighted by Gasteiger charge is 2.47. The van der Waals surface area contributed by atoms with Crippen molar-refractivity contribution < 1.29 is 9.53 Å². The van der Waals surface area contributed by atoms with Gasteiger partial charge in [0.2, 0.25) is 3.79 Å². The van der Waals surface area contributed by atoms with Crippen LogP contribution in [0, 0.1) is 0 Å². The molecule has 2 atom stereocenters. The summed E-state index contributed by atoms with van der Waals surface area (Å²) in [5.41, 5.74) is 1.13. The lowest BCUT2D eigenvalue weighted by atomic mass is 10.2. The summed E-state index contributed by atoms with van der Waals surface area (Å²) in [5, 5.41) is 2.26. The molecule has 0 radical (unpaired) electrons. The molecule has 18 heavy (non-hydrogen) atoms. The van der Waals surface area contributed by atoms with Gasteiger partial charge in [-0.25, -0.2) is 4.79 Å². The molecular weight excluding hydrogens is 317 g/mol. The lowest BCUT2D eigenvalue weighted by Crippen LogP contribution is -2.37. The van der Waals surface area contributed by atoms with Gasteiger partial charge in [-0.2, -0.15) is 0 Å². The fourth-order valence-corrected chi connectivity index (χ4v) is 3.44. The van der Waals surface area contributed by atoms with Crippen molar-refractivity contribution in [2.24, 2.45) is 0 Å². The minimum absolute atomic E-state index is 0.370. The van der Waals surface area contributed by atoms with E-state index in [9.17, 15) is 4.79 Å². The van der Waals surface area contributed by atoms with Crippen molar-refractivity contribution >= 4 is 52.7 Å². The third-order valence-electron chi connectivity index (χ3n) is 2.36. The van der Waals surface area contributed by atoms with Gasteiger partial charge in [0.05, 0.1) is 0 Å². The summed E-state index contributed by atoms with van der Waals surface area (Å²) < 4.78 is 3.33. The van der Waals surface area contributed by atoms with Crippen molar-refractivity contribution in [2.75, 3.05) is 0 Å². The number of rotatable bonds is 3. The third-order valence-corrected chi connectivity index (χ3v) is 4.23. The van der Waals surface area contributed by atoms with Gasteiger partial charge >= 0.3 is 6.09 Å². The van der Waals surface area contributed by atoms with Crippen molar-refractivity contribution in [3.63, 3.8) is 0 Å². The Labute approximate surface area is 124 Å². The number of nitrogens with one attached hydrogen (secondary N) is 1. The molecule has 0 aromatic heterocycles. The number of hydrogen-bond donors (Lipinski definition) is 1. The number of carbonyl (C=O) groups is 1. The summed E-state index contributed by atoms with van der Waals surface area (Å²) in [4.78, 5) is 11.2. The zero-order chi connectivity index (χ0) is 13.2. The zero-order valence-corrected chi connectivity index (χ0v) is 12.2. The summed E-state index contributed by atoms with van der Waals surface area (Å²) in [6.07, 6.45) is -1.35. The molecule has 1 aliphatic heterocycles. The van der Waals surface area contributed by atoms with Crippen LogP contribution in [0.4, 0.5) is 4.79 Å². The van der Waals surface area contributed by atoms with Crippen molar-refractivity contribution in [2.45, 2.75) is 21.0 Å². The van der Waals surface area contributed by atoms with Crippen LogP contribution in [0.25, 0.3) is 0 Å². The predicted molar refractivity (Wildman–Crippen MR) is 75.2 cm³/mol. The van der Waals surface area contributed by atoms with Gasteiger partial charge in [-0.1, -0.05) is 65.1 Å². The third kappa shape index (κ3) is 3.60. The first-order valence-electron chi connectivity index (χ1n) is 5.16. The van der Waals surface area contributed by atoms with Gasteiger partial charge in [0.15, 0.2) is 6.10 Å². The van der Waals surface area contributed by atoms with Gasteiger partial charge in [-0.3, -0.25) is 0 Å². The van der Waals surface area contributed by atoms with E-state index in [0.717, 1.165) is 5.56 Å². The lowest BCUT2D eigenvalue weighted by Gasteiger charge is -2.22. The van der Waals surface area contributed by atoms with Crippen LogP contribution in [0.1, 0.15) is 5.56 Å². The first-order chi connectivity index (χ1) is 8.47. The average Bonchev–Trinajstić information content (AvgIpc) is 2.69. The normalized spacial score (nSPS) is 23.6. The maximum atomic E-state index is 11.2. The number of benzene rings is 1. The van der Waals surface area contributed by atoms with E-state index in [0.29, 0.717) is 5.75 Å². The molecule has 1 amide bonds. The second-order valence-corrected chi connectivity index (χ2v) is 7.23. The highest BCUT2D eigenvalue weighted by molar-refractivity contribution is 7.99. The molecule has 1 heterocycles. The fraction of sp³-hybridized carbons (Fsp3) is 0.364. The molecule has 7 heteroatoms. The van der Waals surface area contributed by atoms with Crippen LogP contribution in [0.2, 0.25) is 0 Å². The number of alkyl carbamates (subject to hydrolysis) is 1. The van der Waals surface area contributed by atoms with E-state index in [2.05, 4.69) is 5.32 Å². The topological polar surface area (TPSA) is 38.3 Å². The van der Waals surface area contributed by atoms with Crippen molar-refractivity contribution in [1.29, 1.82) is 0 Å². The van der Waals surface area contributed by atoms with E-state index in [-0.39, 0.29) is 5.37 Å².